The highest BCUT2D eigenvalue weighted by atomic mass is 16.5. The standard InChI is InChI=1S/C13H15N3O2/c1-16-6-5-15-13(16)8-12(17)10-7-9(18-2)3-4-11(10)14/h3-7H,8,14H2,1-2H3. The third kappa shape index (κ3) is 2.34. The van der Waals surface area contributed by atoms with Gasteiger partial charge in [0.1, 0.15) is 11.6 Å². The van der Waals surface area contributed by atoms with Crippen molar-refractivity contribution < 1.29 is 9.53 Å². The maximum atomic E-state index is 12.2. The van der Waals surface area contributed by atoms with Gasteiger partial charge in [0.25, 0.3) is 0 Å². The highest BCUT2D eigenvalue weighted by Gasteiger charge is 2.14. The number of ketones is 1. The summed E-state index contributed by atoms with van der Waals surface area (Å²) in [6, 6.07) is 5.05. The van der Waals surface area contributed by atoms with Crippen LogP contribution in [-0.4, -0.2) is 22.4 Å². The Labute approximate surface area is 105 Å². The smallest absolute Gasteiger partial charge is 0.172 e. The monoisotopic (exact) mass is 245 g/mol. The predicted octanol–water partition coefficient (Wildman–Crippen LogP) is 1.44. The van der Waals surface area contributed by atoms with Gasteiger partial charge in [-0.1, -0.05) is 0 Å². The van der Waals surface area contributed by atoms with Crippen LogP contribution in [0.15, 0.2) is 30.6 Å². The van der Waals surface area contributed by atoms with Crippen molar-refractivity contribution in [3.8, 4) is 5.75 Å². The molecule has 2 aromatic rings. The molecule has 0 saturated heterocycles. The summed E-state index contributed by atoms with van der Waals surface area (Å²) >= 11 is 0. The molecule has 0 atom stereocenters. The predicted molar refractivity (Wildman–Crippen MR) is 68.6 cm³/mol. The quantitative estimate of drug-likeness (QED) is 0.653. The van der Waals surface area contributed by atoms with Crippen molar-refractivity contribution in [1.29, 1.82) is 0 Å². The fraction of sp³-hybridized carbons (Fsp3) is 0.231. The first-order valence-corrected chi connectivity index (χ1v) is 5.54. The van der Waals surface area contributed by atoms with E-state index in [1.165, 1.54) is 0 Å². The number of aromatic nitrogens is 2. The highest BCUT2D eigenvalue weighted by Crippen LogP contribution is 2.20. The lowest BCUT2D eigenvalue weighted by Gasteiger charge is -2.07. The summed E-state index contributed by atoms with van der Waals surface area (Å²) in [5.41, 5.74) is 6.73. The van der Waals surface area contributed by atoms with Gasteiger partial charge >= 0.3 is 0 Å². The molecule has 1 aromatic carbocycles. The number of hydrogen-bond donors (Lipinski definition) is 1. The van der Waals surface area contributed by atoms with Crippen LogP contribution in [0.1, 0.15) is 16.2 Å². The second-order valence-electron chi connectivity index (χ2n) is 4.01. The van der Waals surface area contributed by atoms with Crippen molar-refractivity contribution in [3.05, 3.63) is 42.0 Å². The normalized spacial score (nSPS) is 10.3. The molecular formula is C13H15N3O2. The first kappa shape index (κ1) is 12.2. The third-order valence-electron chi connectivity index (χ3n) is 2.80. The van der Waals surface area contributed by atoms with Crippen molar-refractivity contribution >= 4 is 11.5 Å². The van der Waals surface area contributed by atoms with Gasteiger partial charge < -0.3 is 15.0 Å². The first-order chi connectivity index (χ1) is 8.61. The number of Topliss-reactive ketones (excluding diaryl/α,β-unsaturated/α-hetero) is 1. The third-order valence-corrected chi connectivity index (χ3v) is 2.80. The zero-order chi connectivity index (χ0) is 13.1. The van der Waals surface area contributed by atoms with E-state index in [2.05, 4.69) is 4.98 Å². The molecular weight excluding hydrogens is 230 g/mol. The zero-order valence-electron chi connectivity index (χ0n) is 10.4. The number of imidazole rings is 1. The van der Waals surface area contributed by atoms with Gasteiger partial charge in [-0.05, 0) is 18.2 Å². The fourth-order valence-corrected chi connectivity index (χ4v) is 1.71. The van der Waals surface area contributed by atoms with E-state index < -0.39 is 0 Å². The molecule has 94 valence electrons. The highest BCUT2D eigenvalue weighted by molar-refractivity contribution is 6.02. The van der Waals surface area contributed by atoms with Gasteiger partial charge in [-0.15, -0.1) is 0 Å². The summed E-state index contributed by atoms with van der Waals surface area (Å²) < 4.78 is 6.90. The molecule has 1 aromatic heterocycles. The second-order valence-corrected chi connectivity index (χ2v) is 4.01. The Balaban J connectivity index is 2.26. The number of rotatable bonds is 4. The van der Waals surface area contributed by atoms with Crippen molar-refractivity contribution in [1.82, 2.24) is 9.55 Å². The van der Waals surface area contributed by atoms with E-state index in [9.17, 15) is 4.79 Å². The summed E-state index contributed by atoms with van der Waals surface area (Å²) in [7, 11) is 3.41. The number of carbonyl (C=O) groups excluding carboxylic acids is 1. The molecule has 0 unspecified atom stereocenters. The largest absolute Gasteiger partial charge is 0.497 e. The van der Waals surface area contributed by atoms with Crippen LogP contribution in [0.4, 0.5) is 5.69 Å². The van der Waals surface area contributed by atoms with Crippen LogP contribution >= 0.6 is 0 Å². The number of methoxy groups -OCH3 is 1. The number of benzene rings is 1. The molecule has 2 rings (SSSR count). The average Bonchev–Trinajstić information content (AvgIpc) is 2.75. The summed E-state index contributed by atoms with van der Waals surface area (Å²) in [6.45, 7) is 0. The molecule has 0 amide bonds. The van der Waals surface area contributed by atoms with Crippen LogP contribution in [0.5, 0.6) is 5.75 Å². The fourth-order valence-electron chi connectivity index (χ4n) is 1.71. The minimum atomic E-state index is -0.0688. The van der Waals surface area contributed by atoms with Crippen LogP contribution in [0, 0.1) is 0 Å². The number of carbonyl (C=O) groups is 1. The maximum absolute atomic E-state index is 12.2. The van der Waals surface area contributed by atoms with Gasteiger partial charge in [-0.2, -0.15) is 0 Å². The van der Waals surface area contributed by atoms with Gasteiger partial charge in [-0.25, -0.2) is 4.98 Å². The van der Waals surface area contributed by atoms with E-state index in [1.807, 2.05) is 11.6 Å². The Morgan fingerprint density at radius 1 is 1.50 bits per heavy atom. The summed E-state index contributed by atoms with van der Waals surface area (Å²) in [5, 5.41) is 0. The molecule has 0 aliphatic heterocycles. The Bertz CT molecular complexity index is 575. The Hall–Kier alpha value is -2.30. The lowest BCUT2D eigenvalue weighted by atomic mass is 10.1. The number of hydrogen-bond acceptors (Lipinski definition) is 4. The molecule has 1 heterocycles. The molecule has 2 N–H and O–H groups in total. The number of aryl methyl sites for hydroxylation is 1. The van der Waals surface area contributed by atoms with Crippen LogP contribution in [0.3, 0.4) is 0 Å². The molecule has 0 fully saturated rings. The van der Waals surface area contributed by atoms with Crippen LogP contribution in [0.25, 0.3) is 0 Å². The maximum Gasteiger partial charge on any atom is 0.172 e. The minimum Gasteiger partial charge on any atom is -0.497 e. The van der Waals surface area contributed by atoms with E-state index in [4.69, 9.17) is 10.5 Å². The van der Waals surface area contributed by atoms with Crippen LogP contribution < -0.4 is 10.5 Å². The SMILES string of the molecule is COc1ccc(N)c(C(=O)Cc2nccn2C)c1. The van der Waals surface area contributed by atoms with E-state index in [1.54, 1.807) is 37.7 Å². The minimum absolute atomic E-state index is 0.0688. The van der Waals surface area contributed by atoms with E-state index in [0.717, 1.165) is 0 Å². The van der Waals surface area contributed by atoms with Crippen LogP contribution in [-0.2, 0) is 13.5 Å². The number of nitrogens with two attached hydrogens (primary N) is 1. The molecule has 0 aliphatic rings. The summed E-state index contributed by atoms with van der Waals surface area (Å²) in [5.74, 6) is 1.26. The van der Waals surface area contributed by atoms with E-state index in [-0.39, 0.29) is 12.2 Å². The molecule has 0 spiro atoms. The number of nitrogens with zero attached hydrogens (tertiary/aromatic N) is 2. The Morgan fingerprint density at radius 2 is 2.28 bits per heavy atom. The molecule has 0 radical (unpaired) electrons. The lowest BCUT2D eigenvalue weighted by Crippen LogP contribution is -2.10. The number of ether oxygens (including phenoxy) is 1. The van der Waals surface area contributed by atoms with Crippen molar-refractivity contribution in [2.24, 2.45) is 7.05 Å². The zero-order valence-corrected chi connectivity index (χ0v) is 10.4. The second kappa shape index (κ2) is 4.91. The van der Waals surface area contributed by atoms with Gasteiger partial charge in [0.15, 0.2) is 5.78 Å². The molecule has 5 nitrogen and oxygen atoms in total. The van der Waals surface area contributed by atoms with E-state index in [0.29, 0.717) is 22.8 Å². The van der Waals surface area contributed by atoms with Crippen molar-refractivity contribution in [2.75, 3.05) is 12.8 Å². The van der Waals surface area contributed by atoms with Gasteiger partial charge in [0.05, 0.1) is 13.5 Å². The van der Waals surface area contributed by atoms with E-state index >= 15 is 0 Å². The molecule has 0 bridgehead atoms. The number of nitrogen functional groups attached to an aromatic ring is 1. The number of anilines is 1. The van der Waals surface area contributed by atoms with Gasteiger partial charge in [0, 0.05) is 30.7 Å². The Kier molecular flexibility index (Phi) is 3.32. The van der Waals surface area contributed by atoms with Crippen molar-refractivity contribution in [2.45, 2.75) is 6.42 Å². The van der Waals surface area contributed by atoms with Crippen LogP contribution in [0.2, 0.25) is 0 Å². The molecule has 0 saturated carbocycles. The van der Waals surface area contributed by atoms with Gasteiger partial charge in [-0.3, -0.25) is 4.79 Å². The molecule has 0 aliphatic carbocycles. The van der Waals surface area contributed by atoms with Gasteiger partial charge in [0.2, 0.25) is 0 Å². The average molecular weight is 245 g/mol. The topological polar surface area (TPSA) is 70.1 Å². The summed E-state index contributed by atoms with van der Waals surface area (Å²) in [6.07, 6.45) is 3.69. The van der Waals surface area contributed by atoms with Crippen molar-refractivity contribution in [3.63, 3.8) is 0 Å². The molecule has 5 heteroatoms. The Morgan fingerprint density at radius 3 is 2.89 bits per heavy atom. The first-order valence-electron chi connectivity index (χ1n) is 5.54. The lowest BCUT2D eigenvalue weighted by molar-refractivity contribution is 0.0990. The summed E-state index contributed by atoms with van der Waals surface area (Å²) in [4.78, 5) is 16.3. The molecule has 18 heavy (non-hydrogen) atoms.